The van der Waals surface area contributed by atoms with E-state index in [-0.39, 0.29) is 35.1 Å². The molecule has 0 aliphatic carbocycles. The number of hydrogen-bond acceptors (Lipinski definition) is 6. The smallest absolute Gasteiger partial charge is 0.272 e. The third-order valence-electron chi connectivity index (χ3n) is 4.03. The lowest BCUT2D eigenvalue weighted by molar-refractivity contribution is 0.0741. The Balaban J connectivity index is 1.75. The number of sulfone groups is 1. The summed E-state index contributed by atoms with van der Waals surface area (Å²) in [5, 5.41) is 2.83. The van der Waals surface area contributed by atoms with Crippen LogP contribution in [0, 0.1) is 5.82 Å². The second-order valence-electron chi connectivity index (χ2n) is 5.87. The minimum absolute atomic E-state index is 0.0330. The lowest BCUT2D eigenvalue weighted by Crippen LogP contribution is -2.38. The zero-order valence-electron chi connectivity index (χ0n) is 13.5. The van der Waals surface area contributed by atoms with E-state index in [1.807, 2.05) is 0 Å². The van der Waals surface area contributed by atoms with Crippen LogP contribution in [-0.4, -0.2) is 53.8 Å². The number of anilines is 2. The molecule has 1 aromatic carbocycles. The van der Waals surface area contributed by atoms with Crippen molar-refractivity contribution in [3.8, 4) is 0 Å². The summed E-state index contributed by atoms with van der Waals surface area (Å²) < 4.78 is 36.4. The Morgan fingerprint density at radius 1 is 1.36 bits per heavy atom. The van der Waals surface area contributed by atoms with Crippen molar-refractivity contribution >= 4 is 27.4 Å². The maximum atomic E-state index is 13.2. The van der Waals surface area contributed by atoms with Gasteiger partial charge in [-0.05, 0) is 30.7 Å². The predicted octanol–water partition coefficient (Wildman–Crippen LogP) is 1.62. The maximum absolute atomic E-state index is 13.2. The first-order valence-electron chi connectivity index (χ1n) is 7.67. The fourth-order valence-electron chi connectivity index (χ4n) is 2.66. The van der Waals surface area contributed by atoms with E-state index in [0.717, 1.165) is 0 Å². The second-order valence-corrected chi connectivity index (χ2v) is 8.10. The first-order chi connectivity index (χ1) is 11.8. The molecule has 25 heavy (non-hydrogen) atoms. The fraction of sp³-hybridized carbons (Fsp3) is 0.312. The molecule has 2 heterocycles. The molecular weight excluding hydrogens is 347 g/mol. The topological polar surface area (TPSA) is 92.3 Å². The summed E-state index contributed by atoms with van der Waals surface area (Å²) in [6, 6.07) is 6.90. The molecule has 1 aliphatic rings. The summed E-state index contributed by atoms with van der Waals surface area (Å²) in [6.07, 6.45) is 1.84. The standard InChI is InChI=1S/C16H17FN4O3S/c1-21(13-6-8-25(23,24)10-13)15(22)14-5-7-18-16(20-14)19-12-4-2-3-11(17)9-12/h2-5,7,9,13H,6,8,10H2,1H3,(H,18,19,20). The number of nitrogens with zero attached hydrogens (tertiary/aromatic N) is 3. The highest BCUT2D eigenvalue weighted by atomic mass is 32.2. The third-order valence-corrected chi connectivity index (χ3v) is 5.78. The van der Waals surface area contributed by atoms with E-state index in [0.29, 0.717) is 12.1 Å². The predicted molar refractivity (Wildman–Crippen MR) is 90.9 cm³/mol. The number of carbonyl (C=O) groups excluding carboxylic acids is 1. The molecule has 3 rings (SSSR count). The highest BCUT2D eigenvalue weighted by Crippen LogP contribution is 2.19. The highest BCUT2D eigenvalue weighted by molar-refractivity contribution is 7.91. The second kappa shape index (κ2) is 6.75. The first kappa shape index (κ1) is 17.3. The van der Waals surface area contributed by atoms with Crippen LogP contribution in [0.4, 0.5) is 16.0 Å². The van der Waals surface area contributed by atoms with Gasteiger partial charge in [-0.1, -0.05) is 6.07 Å². The number of amides is 1. The van der Waals surface area contributed by atoms with Crippen molar-refractivity contribution in [1.29, 1.82) is 0 Å². The SMILES string of the molecule is CN(C(=O)c1ccnc(Nc2cccc(F)c2)n1)C1CCS(=O)(=O)C1. The van der Waals surface area contributed by atoms with Crippen LogP contribution in [0.25, 0.3) is 0 Å². The van der Waals surface area contributed by atoms with E-state index in [2.05, 4.69) is 15.3 Å². The zero-order valence-corrected chi connectivity index (χ0v) is 14.3. The molecule has 0 saturated carbocycles. The molecule has 1 aliphatic heterocycles. The van der Waals surface area contributed by atoms with Crippen LogP contribution < -0.4 is 5.32 Å². The molecule has 1 atom stereocenters. The van der Waals surface area contributed by atoms with Crippen LogP contribution in [0.3, 0.4) is 0 Å². The van der Waals surface area contributed by atoms with Crippen LogP contribution in [0.15, 0.2) is 36.5 Å². The van der Waals surface area contributed by atoms with E-state index in [9.17, 15) is 17.6 Å². The molecule has 0 radical (unpaired) electrons. The minimum Gasteiger partial charge on any atom is -0.336 e. The van der Waals surface area contributed by atoms with Gasteiger partial charge in [-0.25, -0.2) is 22.8 Å². The van der Waals surface area contributed by atoms with Gasteiger partial charge < -0.3 is 10.2 Å². The van der Waals surface area contributed by atoms with Crippen molar-refractivity contribution in [3.63, 3.8) is 0 Å². The van der Waals surface area contributed by atoms with Crippen LogP contribution in [-0.2, 0) is 9.84 Å². The lowest BCUT2D eigenvalue weighted by Gasteiger charge is -2.23. The summed E-state index contributed by atoms with van der Waals surface area (Å²) in [5.74, 6) is -0.574. The Morgan fingerprint density at radius 2 is 2.16 bits per heavy atom. The number of hydrogen-bond donors (Lipinski definition) is 1. The molecule has 0 spiro atoms. The third kappa shape index (κ3) is 4.11. The zero-order chi connectivity index (χ0) is 18.0. The first-order valence-corrected chi connectivity index (χ1v) is 9.49. The molecule has 1 N–H and O–H groups in total. The molecule has 7 nitrogen and oxygen atoms in total. The molecule has 1 aromatic heterocycles. The average molecular weight is 364 g/mol. The van der Waals surface area contributed by atoms with Crippen molar-refractivity contribution in [3.05, 3.63) is 48.0 Å². The fourth-order valence-corrected chi connectivity index (χ4v) is 4.44. The van der Waals surface area contributed by atoms with Crippen LogP contribution in [0.5, 0.6) is 0 Å². The summed E-state index contributed by atoms with van der Waals surface area (Å²) in [5.41, 5.74) is 0.598. The monoisotopic (exact) mass is 364 g/mol. The van der Waals surface area contributed by atoms with Gasteiger partial charge in [0.2, 0.25) is 5.95 Å². The molecule has 1 fully saturated rings. The molecule has 0 bridgehead atoms. The van der Waals surface area contributed by atoms with Crippen LogP contribution in [0.2, 0.25) is 0 Å². The van der Waals surface area contributed by atoms with Crippen molar-refractivity contribution < 1.29 is 17.6 Å². The Kier molecular flexibility index (Phi) is 4.67. The minimum atomic E-state index is -3.08. The number of benzene rings is 1. The van der Waals surface area contributed by atoms with Crippen LogP contribution in [0.1, 0.15) is 16.9 Å². The summed E-state index contributed by atoms with van der Waals surface area (Å²) >= 11 is 0. The Labute approximate surface area is 144 Å². The van der Waals surface area contributed by atoms with Crippen molar-refractivity contribution in [1.82, 2.24) is 14.9 Å². The molecule has 1 unspecified atom stereocenters. The summed E-state index contributed by atoms with van der Waals surface area (Å²) in [4.78, 5) is 22.1. The largest absolute Gasteiger partial charge is 0.336 e. The summed E-state index contributed by atoms with van der Waals surface area (Å²) in [6.45, 7) is 0. The number of aromatic nitrogens is 2. The maximum Gasteiger partial charge on any atom is 0.272 e. The highest BCUT2D eigenvalue weighted by Gasteiger charge is 2.33. The van der Waals surface area contributed by atoms with Gasteiger partial charge in [0.25, 0.3) is 5.91 Å². The van der Waals surface area contributed by atoms with Gasteiger partial charge >= 0.3 is 0 Å². The molecular formula is C16H17FN4O3S. The van der Waals surface area contributed by atoms with Crippen molar-refractivity contribution in [2.45, 2.75) is 12.5 Å². The molecule has 132 valence electrons. The average Bonchev–Trinajstić information content (AvgIpc) is 2.94. The van der Waals surface area contributed by atoms with Gasteiger partial charge in [0.05, 0.1) is 11.5 Å². The number of rotatable bonds is 4. The normalized spacial score (nSPS) is 18.7. The number of nitrogens with one attached hydrogen (secondary N) is 1. The van der Waals surface area contributed by atoms with Crippen LogP contribution >= 0.6 is 0 Å². The van der Waals surface area contributed by atoms with E-state index >= 15 is 0 Å². The van der Waals surface area contributed by atoms with Gasteiger partial charge in [-0.2, -0.15) is 0 Å². The molecule has 2 aromatic rings. The molecule has 9 heteroatoms. The molecule has 1 amide bonds. The Morgan fingerprint density at radius 3 is 2.84 bits per heavy atom. The van der Waals surface area contributed by atoms with E-state index in [1.165, 1.54) is 29.3 Å². The van der Waals surface area contributed by atoms with Gasteiger partial charge in [0.1, 0.15) is 11.5 Å². The van der Waals surface area contributed by atoms with E-state index in [4.69, 9.17) is 0 Å². The molecule has 1 saturated heterocycles. The quantitative estimate of drug-likeness (QED) is 0.886. The van der Waals surface area contributed by atoms with E-state index in [1.54, 1.807) is 19.2 Å². The van der Waals surface area contributed by atoms with Gasteiger partial charge in [-0.15, -0.1) is 0 Å². The summed E-state index contributed by atoms with van der Waals surface area (Å²) in [7, 11) is -1.52. The van der Waals surface area contributed by atoms with Crippen molar-refractivity contribution in [2.24, 2.45) is 0 Å². The lowest BCUT2D eigenvalue weighted by atomic mass is 10.2. The number of carbonyl (C=O) groups is 1. The Bertz CT molecular complexity index is 904. The Hall–Kier alpha value is -2.55. The van der Waals surface area contributed by atoms with Crippen molar-refractivity contribution in [2.75, 3.05) is 23.9 Å². The van der Waals surface area contributed by atoms with E-state index < -0.39 is 15.7 Å². The number of halogens is 1. The van der Waals surface area contributed by atoms with Gasteiger partial charge in [0.15, 0.2) is 9.84 Å². The van der Waals surface area contributed by atoms with Gasteiger partial charge in [-0.3, -0.25) is 4.79 Å². The van der Waals surface area contributed by atoms with Gasteiger partial charge in [0, 0.05) is 25.0 Å².